The SMILES string of the molecule is O=S(=O)(NCC1(CCl)CC1)c1ccn[nH]1. The van der Waals surface area contributed by atoms with Crippen LogP contribution in [0, 0.1) is 5.41 Å². The standard InChI is InChI=1S/C8H12ClN3O2S/c9-5-8(2-3-8)6-11-15(13,14)7-1-4-10-12-7/h1,4,11H,2-3,5-6H2,(H,10,12). The van der Waals surface area contributed by atoms with Gasteiger partial charge in [0, 0.05) is 12.4 Å². The third kappa shape index (κ3) is 2.32. The minimum atomic E-state index is -3.45. The minimum absolute atomic E-state index is 0.0192. The number of aromatic nitrogens is 2. The Labute approximate surface area is 93.3 Å². The molecule has 2 rings (SSSR count). The molecule has 0 atom stereocenters. The van der Waals surface area contributed by atoms with Gasteiger partial charge in [0.05, 0.1) is 6.20 Å². The van der Waals surface area contributed by atoms with Crippen molar-refractivity contribution in [3.05, 3.63) is 12.3 Å². The molecule has 15 heavy (non-hydrogen) atoms. The number of nitrogens with zero attached hydrogens (tertiary/aromatic N) is 1. The number of aromatic amines is 1. The summed E-state index contributed by atoms with van der Waals surface area (Å²) in [5.74, 6) is 0.499. The maximum absolute atomic E-state index is 11.7. The van der Waals surface area contributed by atoms with E-state index in [1.54, 1.807) is 0 Å². The molecular formula is C8H12ClN3O2S. The van der Waals surface area contributed by atoms with Gasteiger partial charge in [-0.15, -0.1) is 11.6 Å². The van der Waals surface area contributed by atoms with Crippen LogP contribution >= 0.6 is 11.6 Å². The average Bonchev–Trinajstić information content (AvgIpc) is 2.77. The molecule has 1 saturated carbocycles. The average molecular weight is 250 g/mol. The second-order valence-corrected chi connectivity index (χ2v) is 5.88. The molecule has 1 aliphatic carbocycles. The number of hydrogen-bond donors (Lipinski definition) is 2. The summed E-state index contributed by atoms with van der Waals surface area (Å²) >= 11 is 5.75. The van der Waals surface area contributed by atoms with Gasteiger partial charge < -0.3 is 0 Å². The first kappa shape index (κ1) is 10.9. The highest BCUT2D eigenvalue weighted by Crippen LogP contribution is 2.46. The molecule has 0 saturated heterocycles. The molecule has 1 heterocycles. The van der Waals surface area contributed by atoms with Crippen molar-refractivity contribution >= 4 is 21.6 Å². The summed E-state index contributed by atoms with van der Waals surface area (Å²) in [7, 11) is -3.45. The summed E-state index contributed by atoms with van der Waals surface area (Å²) < 4.78 is 25.8. The Kier molecular flexibility index (Phi) is 2.74. The van der Waals surface area contributed by atoms with Gasteiger partial charge in [0.1, 0.15) is 0 Å². The van der Waals surface area contributed by atoms with Gasteiger partial charge in [-0.1, -0.05) is 0 Å². The maximum atomic E-state index is 11.7. The molecule has 1 aliphatic rings. The molecule has 0 spiro atoms. The van der Waals surface area contributed by atoms with E-state index in [4.69, 9.17) is 11.6 Å². The Morgan fingerprint density at radius 2 is 2.33 bits per heavy atom. The Balaban J connectivity index is 2.00. The molecule has 1 fully saturated rings. The Morgan fingerprint density at radius 3 is 2.80 bits per heavy atom. The molecule has 0 radical (unpaired) electrons. The molecule has 2 N–H and O–H groups in total. The van der Waals surface area contributed by atoms with Gasteiger partial charge in [0.25, 0.3) is 10.0 Å². The van der Waals surface area contributed by atoms with Crippen molar-refractivity contribution in [1.82, 2.24) is 14.9 Å². The van der Waals surface area contributed by atoms with Gasteiger partial charge in [-0.05, 0) is 24.3 Å². The molecule has 84 valence electrons. The number of H-pyrrole nitrogens is 1. The van der Waals surface area contributed by atoms with E-state index in [0.717, 1.165) is 12.8 Å². The van der Waals surface area contributed by atoms with Gasteiger partial charge in [-0.2, -0.15) is 5.10 Å². The van der Waals surface area contributed by atoms with Crippen LogP contribution in [0.3, 0.4) is 0 Å². The predicted molar refractivity (Wildman–Crippen MR) is 56.2 cm³/mol. The molecular weight excluding hydrogens is 238 g/mol. The van der Waals surface area contributed by atoms with Gasteiger partial charge in [-0.25, -0.2) is 13.1 Å². The number of rotatable bonds is 5. The van der Waals surface area contributed by atoms with E-state index in [9.17, 15) is 8.42 Å². The smallest absolute Gasteiger partial charge is 0.257 e. The first-order valence-corrected chi connectivity index (χ1v) is 6.65. The van der Waals surface area contributed by atoms with Crippen LogP contribution < -0.4 is 4.72 Å². The van der Waals surface area contributed by atoms with E-state index in [2.05, 4.69) is 14.9 Å². The second-order valence-electron chi connectivity index (χ2n) is 3.88. The molecule has 7 heteroatoms. The number of alkyl halides is 1. The van der Waals surface area contributed by atoms with Crippen LogP contribution in [0.25, 0.3) is 0 Å². The number of hydrogen-bond acceptors (Lipinski definition) is 3. The zero-order valence-corrected chi connectivity index (χ0v) is 9.61. The van der Waals surface area contributed by atoms with Crippen LogP contribution in [0.2, 0.25) is 0 Å². The van der Waals surface area contributed by atoms with Gasteiger partial charge in [0.15, 0.2) is 5.03 Å². The maximum Gasteiger partial charge on any atom is 0.257 e. The highest BCUT2D eigenvalue weighted by Gasteiger charge is 2.42. The Hall–Kier alpha value is -0.590. The number of sulfonamides is 1. The molecule has 0 unspecified atom stereocenters. The van der Waals surface area contributed by atoms with Crippen LogP contribution in [-0.4, -0.2) is 31.0 Å². The summed E-state index contributed by atoms with van der Waals surface area (Å²) in [5, 5.41) is 6.11. The van der Waals surface area contributed by atoms with E-state index in [0.29, 0.717) is 12.4 Å². The van der Waals surface area contributed by atoms with Crippen molar-refractivity contribution < 1.29 is 8.42 Å². The first-order chi connectivity index (χ1) is 7.08. The zero-order chi connectivity index (χ0) is 10.9. The topological polar surface area (TPSA) is 74.8 Å². The predicted octanol–water partition coefficient (Wildman–Crippen LogP) is 0.707. The summed E-state index contributed by atoms with van der Waals surface area (Å²) in [6, 6.07) is 1.42. The van der Waals surface area contributed by atoms with E-state index in [-0.39, 0.29) is 10.4 Å². The van der Waals surface area contributed by atoms with Crippen molar-refractivity contribution in [2.45, 2.75) is 17.9 Å². The normalized spacial score (nSPS) is 19.0. The van der Waals surface area contributed by atoms with Crippen molar-refractivity contribution in [3.8, 4) is 0 Å². The third-order valence-corrected chi connectivity index (χ3v) is 4.54. The van der Waals surface area contributed by atoms with E-state index in [1.807, 2.05) is 0 Å². The quantitative estimate of drug-likeness (QED) is 0.755. The molecule has 1 aromatic rings. The highest BCUT2D eigenvalue weighted by atomic mass is 35.5. The van der Waals surface area contributed by atoms with Crippen LogP contribution in [0.4, 0.5) is 0 Å². The summed E-state index contributed by atoms with van der Waals surface area (Å²) in [6.07, 6.45) is 3.38. The fraction of sp³-hybridized carbons (Fsp3) is 0.625. The molecule has 5 nitrogen and oxygen atoms in total. The lowest BCUT2D eigenvalue weighted by molar-refractivity contribution is 0.532. The molecule has 0 bridgehead atoms. The van der Waals surface area contributed by atoms with Crippen molar-refractivity contribution in [1.29, 1.82) is 0 Å². The van der Waals surface area contributed by atoms with Crippen LogP contribution in [0.1, 0.15) is 12.8 Å². The summed E-state index contributed by atoms with van der Waals surface area (Å²) in [5.41, 5.74) is -0.0192. The fourth-order valence-corrected chi connectivity index (χ4v) is 2.68. The first-order valence-electron chi connectivity index (χ1n) is 4.63. The van der Waals surface area contributed by atoms with Crippen molar-refractivity contribution in [3.63, 3.8) is 0 Å². The lowest BCUT2D eigenvalue weighted by Crippen LogP contribution is -2.31. The fourth-order valence-electron chi connectivity index (χ4n) is 1.25. The van der Waals surface area contributed by atoms with Crippen LogP contribution in [-0.2, 0) is 10.0 Å². The van der Waals surface area contributed by atoms with E-state index in [1.165, 1.54) is 12.3 Å². The largest absolute Gasteiger partial charge is 0.266 e. The van der Waals surface area contributed by atoms with E-state index >= 15 is 0 Å². The summed E-state index contributed by atoms with van der Waals surface area (Å²) in [4.78, 5) is 0. The van der Waals surface area contributed by atoms with E-state index < -0.39 is 10.0 Å². The lowest BCUT2D eigenvalue weighted by Gasteiger charge is -2.11. The van der Waals surface area contributed by atoms with Gasteiger partial charge in [0.2, 0.25) is 0 Å². The van der Waals surface area contributed by atoms with Crippen LogP contribution in [0.15, 0.2) is 17.3 Å². The molecule has 1 aromatic heterocycles. The van der Waals surface area contributed by atoms with Crippen molar-refractivity contribution in [2.24, 2.45) is 5.41 Å². The van der Waals surface area contributed by atoms with Crippen molar-refractivity contribution in [2.75, 3.05) is 12.4 Å². The monoisotopic (exact) mass is 249 g/mol. The lowest BCUT2D eigenvalue weighted by atomic mass is 10.1. The number of nitrogens with one attached hydrogen (secondary N) is 2. The van der Waals surface area contributed by atoms with Gasteiger partial charge >= 0.3 is 0 Å². The second kappa shape index (κ2) is 3.77. The highest BCUT2D eigenvalue weighted by molar-refractivity contribution is 7.89. The van der Waals surface area contributed by atoms with Gasteiger partial charge in [-0.3, -0.25) is 5.10 Å². The number of halogens is 1. The Bertz CT molecular complexity index is 425. The Morgan fingerprint density at radius 1 is 1.60 bits per heavy atom. The zero-order valence-electron chi connectivity index (χ0n) is 8.03. The third-order valence-electron chi connectivity index (χ3n) is 2.64. The summed E-state index contributed by atoms with van der Waals surface area (Å²) in [6.45, 7) is 0.401. The van der Waals surface area contributed by atoms with Crippen LogP contribution in [0.5, 0.6) is 0 Å². The minimum Gasteiger partial charge on any atom is -0.266 e. The molecule has 0 aromatic carbocycles. The molecule has 0 amide bonds. The molecule has 0 aliphatic heterocycles.